The quantitative estimate of drug-likeness (QED) is 0.851. The first-order valence-electron chi connectivity index (χ1n) is 6.27. The summed E-state index contributed by atoms with van der Waals surface area (Å²) in [7, 11) is 2.76. The molecule has 1 N–H and O–H groups in total. The van der Waals surface area contributed by atoms with Crippen LogP contribution in [0.2, 0.25) is 5.02 Å². The molecule has 0 aliphatic rings. The number of nitrogens with zero attached hydrogens (tertiary/aromatic N) is 2. The van der Waals surface area contributed by atoms with Crippen molar-refractivity contribution < 1.29 is 19.1 Å². The van der Waals surface area contributed by atoms with Crippen molar-refractivity contribution in [1.29, 1.82) is 0 Å². The Labute approximate surface area is 131 Å². The largest absolute Gasteiger partial charge is 0.496 e. The minimum Gasteiger partial charge on any atom is -0.496 e. The van der Waals surface area contributed by atoms with Crippen LogP contribution in [0, 0.1) is 0 Å². The third kappa shape index (κ3) is 3.76. The van der Waals surface area contributed by atoms with Crippen molar-refractivity contribution in [2.24, 2.45) is 0 Å². The number of ether oxygens (including phenoxy) is 2. The SMILES string of the molecule is COC(=O)Cn1cc(NC(=O)c2cc(Cl)ccc2OC)cn1. The summed E-state index contributed by atoms with van der Waals surface area (Å²) in [6, 6.07) is 4.75. The van der Waals surface area contributed by atoms with E-state index in [0.29, 0.717) is 22.0 Å². The van der Waals surface area contributed by atoms with Gasteiger partial charge in [0, 0.05) is 11.2 Å². The van der Waals surface area contributed by atoms with E-state index in [4.69, 9.17) is 16.3 Å². The van der Waals surface area contributed by atoms with Crippen LogP contribution in [0.4, 0.5) is 5.69 Å². The Morgan fingerprint density at radius 3 is 2.82 bits per heavy atom. The zero-order valence-corrected chi connectivity index (χ0v) is 12.8. The van der Waals surface area contributed by atoms with Crippen LogP contribution in [0.5, 0.6) is 5.75 Å². The number of carbonyl (C=O) groups is 2. The molecule has 0 radical (unpaired) electrons. The highest BCUT2D eigenvalue weighted by atomic mass is 35.5. The molecule has 116 valence electrons. The summed E-state index contributed by atoms with van der Waals surface area (Å²) in [4.78, 5) is 23.4. The van der Waals surface area contributed by atoms with E-state index in [1.165, 1.54) is 37.4 Å². The fourth-order valence-electron chi connectivity index (χ4n) is 1.77. The van der Waals surface area contributed by atoms with Gasteiger partial charge in [-0.3, -0.25) is 14.3 Å². The molecule has 1 aromatic heterocycles. The maximum Gasteiger partial charge on any atom is 0.327 e. The van der Waals surface area contributed by atoms with Gasteiger partial charge in [-0.25, -0.2) is 0 Å². The number of hydrogen-bond donors (Lipinski definition) is 1. The smallest absolute Gasteiger partial charge is 0.327 e. The number of benzene rings is 1. The molecule has 2 rings (SSSR count). The Balaban J connectivity index is 2.12. The van der Waals surface area contributed by atoms with E-state index >= 15 is 0 Å². The molecule has 1 amide bonds. The molecule has 0 unspecified atom stereocenters. The second kappa shape index (κ2) is 6.95. The summed E-state index contributed by atoms with van der Waals surface area (Å²) in [6.45, 7) is -0.0349. The Bertz CT molecular complexity index is 699. The van der Waals surface area contributed by atoms with Gasteiger partial charge in [-0.05, 0) is 18.2 Å². The van der Waals surface area contributed by atoms with Crippen molar-refractivity contribution in [3.63, 3.8) is 0 Å². The number of carbonyl (C=O) groups excluding carboxylic acids is 2. The van der Waals surface area contributed by atoms with Crippen molar-refractivity contribution in [2.75, 3.05) is 19.5 Å². The number of anilines is 1. The van der Waals surface area contributed by atoms with Crippen molar-refractivity contribution in [2.45, 2.75) is 6.54 Å². The number of methoxy groups -OCH3 is 2. The van der Waals surface area contributed by atoms with Crippen molar-refractivity contribution >= 4 is 29.2 Å². The van der Waals surface area contributed by atoms with Gasteiger partial charge in [-0.15, -0.1) is 0 Å². The highest BCUT2D eigenvalue weighted by Gasteiger charge is 2.14. The fourth-order valence-corrected chi connectivity index (χ4v) is 1.94. The molecule has 7 nitrogen and oxygen atoms in total. The van der Waals surface area contributed by atoms with E-state index in [0.717, 1.165) is 0 Å². The number of halogens is 1. The van der Waals surface area contributed by atoms with Gasteiger partial charge in [0.2, 0.25) is 0 Å². The molecule has 22 heavy (non-hydrogen) atoms. The summed E-state index contributed by atoms with van der Waals surface area (Å²) in [5.74, 6) is -0.418. The minimum atomic E-state index is -0.433. The van der Waals surface area contributed by atoms with Crippen molar-refractivity contribution in [1.82, 2.24) is 9.78 Å². The standard InChI is InChI=1S/C14H14ClN3O4/c1-21-12-4-3-9(15)5-11(12)14(20)17-10-6-16-18(7-10)8-13(19)22-2/h3-7H,8H2,1-2H3,(H,17,20). The third-order valence-corrected chi connectivity index (χ3v) is 3.05. The van der Waals surface area contributed by atoms with Gasteiger partial charge in [-0.1, -0.05) is 11.6 Å². The Hall–Kier alpha value is -2.54. The number of amides is 1. The minimum absolute atomic E-state index is 0.0349. The van der Waals surface area contributed by atoms with Gasteiger partial charge in [-0.2, -0.15) is 5.10 Å². The lowest BCUT2D eigenvalue weighted by Crippen LogP contribution is -2.13. The number of esters is 1. The molecule has 0 aliphatic heterocycles. The molecule has 0 saturated carbocycles. The first-order chi connectivity index (χ1) is 10.5. The van der Waals surface area contributed by atoms with Crippen LogP contribution in [0.25, 0.3) is 0 Å². The van der Waals surface area contributed by atoms with Crippen LogP contribution in [-0.2, 0) is 16.1 Å². The predicted molar refractivity (Wildman–Crippen MR) is 80.2 cm³/mol. The van der Waals surface area contributed by atoms with E-state index in [9.17, 15) is 9.59 Å². The second-order valence-electron chi connectivity index (χ2n) is 4.30. The van der Waals surface area contributed by atoms with Crippen LogP contribution in [0.15, 0.2) is 30.6 Å². The molecule has 0 spiro atoms. The first-order valence-corrected chi connectivity index (χ1v) is 6.65. The molecule has 0 fully saturated rings. The predicted octanol–water partition coefficient (Wildman–Crippen LogP) is 1.97. The monoisotopic (exact) mass is 323 g/mol. The Morgan fingerprint density at radius 1 is 1.36 bits per heavy atom. The lowest BCUT2D eigenvalue weighted by atomic mass is 10.2. The van der Waals surface area contributed by atoms with Crippen LogP contribution in [0.1, 0.15) is 10.4 Å². The molecule has 0 bridgehead atoms. The van der Waals surface area contributed by atoms with E-state index in [1.807, 2.05) is 0 Å². The number of nitrogens with one attached hydrogen (secondary N) is 1. The van der Waals surface area contributed by atoms with Gasteiger partial charge in [0.1, 0.15) is 12.3 Å². The zero-order valence-electron chi connectivity index (χ0n) is 12.0. The lowest BCUT2D eigenvalue weighted by molar-refractivity contribution is -0.141. The van der Waals surface area contributed by atoms with Gasteiger partial charge >= 0.3 is 5.97 Å². The van der Waals surface area contributed by atoms with E-state index in [2.05, 4.69) is 15.2 Å². The summed E-state index contributed by atoms with van der Waals surface area (Å²) in [5, 5.41) is 7.04. The highest BCUT2D eigenvalue weighted by Crippen LogP contribution is 2.23. The molecule has 8 heteroatoms. The van der Waals surface area contributed by atoms with E-state index < -0.39 is 11.9 Å². The average Bonchev–Trinajstić information content (AvgIpc) is 2.93. The number of aromatic nitrogens is 2. The van der Waals surface area contributed by atoms with Crippen LogP contribution in [0.3, 0.4) is 0 Å². The number of hydrogen-bond acceptors (Lipinski definition) is 5. The summed E-state index contributed by atoms with van der Waals surface area (Å²) in [5.41, 5.74) is 0.742. The molecule has 2 aromatic rings. The van der Waals surface area contributed by atoms with Gasteiger partial charge in [0.25, 0.3) is 5.91 Å². The molecule has 1 heterocycles. The Morgan fingerprint density at radius 2 is 2.14 bits per heavy atom. The van der Waals surface area contributed by atoms with E-state index in [-0.39, 0.29) is 6.54 Å². The summed E-state index contributed by atoms with van der Waals surface area (Å²) in [6.07, 6.45) is 2.95. The van der Waals surface area contributed by atoms with Crippen LogP contribution in [-0.4, -0.2) is 35.9 Å². The molecule has 1 aromatic carbocycles. The average molecular weight is 324 g/mol. The van der Waals surface area contributed by atoms with Gasteiger partial charge in [0.05, 0.1) is 31.7 Å². The molecule has 0 atom stereocenters. The van der Waals surface area contributed by atoms with Crippen LogP contribution < -0.4 is 10.1 Å². The molecular weight excluding hydrogens is 310 g/mol. The van der Waals surface area contributed by atoms with Crippen LogP contribution >= 0.6 is 11.6 Å². The highest BCUT2D eigenvalue weighted by molar-refractivity contribution is 6.31. The maximum absolute atomic E-state index is 12.3. The first kappa shape index (κ1) is 15.8. The van der Waals surface area contributed by atoms with Crippen molar-refractivity contribution in [3.8, 4) is 5.75 Å². The normalized spacial score (nSPS) is 10.1. The summed E-state index contributed by atoms with van der Waals surface area (Å²) < 4.78 is 11.0. The number of rotatable bonds is 5. The second-order valence-corrected chi connectivity index (χ2v) is 4.74. The maximum atomic E-state index is 12.3. The summed E-state index contributed by atoms with van der Waals surface area (Å²) >= 11 is 5.89. The van der Waals surface area contributed by atoms with E-state index in [1.54, 1.807) is 12.1 Å². The Kier molecular flexibility index (Phi) is 5.00. The topological polar surface area (TPSA) is 82.5 Å². The van der Waals surface area contributed by atoms with Gasteiger partial charge in [0.15, 0.2) is 0 Å². The fraction of sp³-hybridized carbons (Fsp3) is 0.214. The molecule has 0 aliphatic carbocycles. The molecule has 0 saturated heterocycles. The lowest BCUT2D eigenvalue weighted by Gasteiger charge is -2.08. The van der Waals surface area contributed by atoms with Gasteiger partial charge < -0.3 is 14.8 Å². The van der Waals surface area contributed by atoms with Crippen molar-refractivity contribution in [3.05, 3.63) is 41.2 Å². The zero-order chi connectivity index (χ0) is 16.1. The molecular formula is C14H14ClN3O4. The third-order valence-electron chi connectivity index (χ3n) is 2.82.